The molecule has 8 heteroatoms. The number of aliphatic imine (C=N–C) groups is 1. The fourth-order valence-corrected chi connectivity index (χ4v) is 3.60. The maximum Gasteiger partial charge on any atom is 0.191 e. The summed E-state index contributed by atoms with van der Waals surface area (Å²) in [7, 11) is 1.66. The summed E-state index contributed by atoms with van der Waals surface area (Å²) in [5.41, 5.74) is 1.89. The van der Waals surface area contributed by atoms with Crippen molar-refractivity contribution >= 4 is 17.3 Å². The molecule has 0 amide bonds. The predicted octanol–water partition coefficient (Wildman–Crippen LogP) is 3.20. The molecule has 0 saturated heterocycles. The van der Waals surface area contributed by atoms with Crippen molar-refractivity contribution in [3.63, 3.8) is 0 Å². The van der Waals surface area contributed by atoms with Gasteiger partial charge in [0.2, 0.25) is 0 Å². The van der Waals surface area contributed by atoms with Gasteiger partial charge in [-0.15, -0.1) is 11.3 Å². The Morgan fingerprint density at radius 2 is 2.00 bits per heavy atom. The summed E-state index contributed by atoms with van der Waals surface area (Å²) in [6.45, 7) is 6.33. The number of guanidine groups is 1. The van der Waals surface area contributed by atoms with Gasteiger partial charge in [0.1, 0.15) is 5.75 Å². The second-order valence-electron chi connectivity index (χ2n) is 6.40. The van der Waals surface area contributed by atoms with Gasteiger partial charge in [-0.05, 0) is 43.7 Å². The molecule has 1 aromatic carbocycles. The number of hydrogen-bond acceptors (Lipinski definition) is 5. The molecule has 2 N–H and O–H groups in total. The van der Waals surface area contributed by atoms with Crippen LogP contribution in [0.25, 0.3) is 5.69 Å². The molecule has 2 heterocycles. The van der Waals surface area contributed by atoms with E-state index in [2.05, 4.69) is 39.6 Å². The molecule has 0 spiro atoms. The Balaban J connectivity index is 1.55. The third-order valence-electron chi connectivity index (χ3n) is 4.31. The van der Waals surface area contributed by atoms with E-state index in [4.69, 9.17) is 4.74 Å². The average Bonchev–Trinajstić information content (AvgIpc) is 3.41. The zero-order chi connectivity index (χ0) is 20.5. The largest absolute Gasteiger partial charge is 0.497 e. The lowest BCUT2D eigenvalue weighted by atomic mass is 10.3. The van der Waals surface area contributed by atoms with Gasteiger partial charge in [-0.3, -0.25) is 0 Å². The number of ether oxygens (including phenoxy) is 1. The van der Waals surface area contributed by atoms with Crippen molar-refractivity contribution in [2.24, 2.45) is 4.99 Å². The van der Waals surface area contributed by atoms with Crippen LogP contribution in [0.5, 0.6) is 5.75 Å². The maximum atomic E-state index is 5.20. The SMILES string of the molecule is CCNC(=NCc1ccn(-c2ccc(OC)cc2)n1)NCCc1ncc(CC)s1. The Morgan fingerprint density at radius 3 is 2.69 bits per heavy atom. The van der Waals surface area contributed by atoms with Crippen LogP contribution >= 0.6 is 11.3 Å². The van der Waals surface area contributed by atoms with Crippen LogP contribution in [0.4, 0.5) is 0 Å². The molecule has 2 aromatic heterocycles. The highest BCUT2D eigenvalue weighted by molar-refractivity contribution is 7.11. The van der Waals surface area contributed by atoms with Crippen molar-refractivity contribution in [2.75, 3.05) is 20.2 Å². The minimum Gasteiger partial charge on any atom is -0.497 e. The molecule has 3 aromatic rings. The minimum absolute atomic E-state index is 0.510. The van der Waals surface area contributed by atoms with E-state index in [0.29, 0.717) is 6.54 Å². The van der Waals surface area contributed by atoms with Crippen LogP contribution in [0.1, 0.15) is 29.4 Å². The number of nitrogens with one attached hydrogen (secondary N) is 2. The molecule has 154 valence electrons. The summed E-state index contributed by atoms with van der Waals surface area (Å²) in [5.74, 6) is 1.62. The molecule has 0 atom stereocenters. The predicted molar refractivity (Wildman–Crippen MR) is 118 cm³/mol. The van der Waals surface area contributed by atoms with Gasteiger partial charge in [0.05, 0.1) is 30.0 Å². The normalized spacial score (nSPS) is 11.5. The molecule has 0 saturated carbocycles. The highest BCUT2D eigenvalue weighted by Crippen LogP contribution is 2.15. The van der Waals surface area contributed by atoms with E-state index in [0.717, 1.165) is 54.0 Å². The smallest absolute Gasteiger partial charge is 0.191 e. The number of thiazole rings is 1. The number of aryl methyl sites for hydroxylation is 1. The van der Waals surface area contributed by atoms with E-state index in [1.807, 2.05) is 47.4 Å². The quantitative estimate of drug-likeness (QED) is 0.417. The summed E-state index contributed by atoms with van der Waals surface area (Å²) < 4.78 is 7.05. The molecule has 0 aliphatic heterocycles. The summed E-state index contributed by atoms with van der Waals surface area (Å²) in [4.78, 5) is 10.4. The Labute approximate surface area is 175 Å². The number of aromatic nitrogens is 3. The third kappa shape index (κ3) is 6.05. The number of hydrogen-bond donors (Lipinski definition) is 2. The number of nitrogens with zero attached hydrogens (tertiary/aromatic N) is 4. The standard InChI is InChI=1S/C21H28N6OS/c1-4-19-15-24-20(29-19)10-12-23-21(22-5-2)25-14-16-11-13-27(26-16)17-6-8-18(28-3)9-7-17/h6-9,11,13,15H,4-5,10,12,14H2,1-3H3,(H2,22,23,25). The molecular weight excluding hydrogens is 384 g/mol. The van der Waals surface area contributed by atoms with Gasteiger partial charge < -0.3 is 15.4 Å². The van der Waals surface area contributed by atoms with Crippen LogP contribution in [-0.4, -0.2) is 40.9 Å². The second kappa shape index (κ2) is 10.6. The summed E-state index contributed by atoms with van der Waals surface area (Å²) >= 11 is 1.78. The van der Waals surface area contributed by atoms with Crippen LogP contribution in [-0.2, 0) is 19.4 Å². The van der Waals surface area contributed by atoms with E-state index >= 15 is 0 Å². The van der Waals surface area contributed by atoms with Gasteiger partial charge >= 0.3 is 0 Å². The molecule has 0 fully saturated rings. The van der Waals surface area contributed by atoms with Crippen molar-refractivity contribution in [3.05, 3.63) is 58.3 Å². The average molecular weight is 413 g/mol. The van der Waals surface area contributed by atoms with Crippen molar-refractivity contribution in [1.82, 2.24) is 25.4 Å². The van der Waals surface area contributed by atoms with Crippen molar-refractivity contribution in [3.8, 4) is 11.4 Å². The molecule has 7 nitrogen and oxygen atoms in total. The molecule has 0 aliphatic rings. The summed E-state index contributed by atoms with van der Waals surface area (Å²) in [5, 5.41) is 12.4. The monoisotopic (exact) mass is 412 g/mol. The third-order valence-corrected chi connectivity index (χ3v) is 5.51. The minimum atomic E-state index is 0.510. The Kier molecular flexibility index (Phi) is 7.63. The molecule has 0 aliphatic carbocycles. The highest BCUT2D eigenvalue weighted by Gasteiger charge is 2.04. The molecule has 29 heavy (non-hydrogen) atoms. The van der Waals surface area contributed by atoms with Crippen LogP contribution in [0, 0.1) is 0 Å². The Hall–Kier alpha value is -2.87. The molecule has 0 radical (unpaired) electrons. The van der Waals surface area contributed by atoms with Gasteiger partial charge in [0.25, 0.3) is 0 Å². The van der Waals surface area contributed by atoms with Crippen molar-refractivity contribution in [1.29, 1.82) is 0 Å². The lowest BCUT2D eigenvalue weighted by Crippen LogP contribution is -2.38. The highest BCUT2D eigenvalue weighted by atomic mass is 32.1. The lowest BCUT2D eigenvalue weighted by Gasteiger charge is -2.10. The van der Waals surface area contributed by atoms with E-state index in [1.165, 1.54) is 4.88 Å². The molecular formula is C21H28N6OS. The topological polar surface area (TPSA) is 76.4 Å². The lowest BCUT2D eigenvalue weighted by molar-refractivity contribution is 0.414. The van der Waals surface area contributed by atoms with Crippen molar-refractivity contribution < 1.29 is 4.74 Å². The fourth-order valence-electron chi connectivity index (χ4n) is 2.74. The number of rotatable bonds is 9. The van der Waals surface area contributed by atoms with E-state index in [-0.39, 0.29) is 0 Å². The van der Waals surface area contributed by atoms with Gasteiger partial charge in [-0.25, -0.2) is 14.7 Å². The fraction of sp³-hybridized carbons (Fsp3) is 0.381. The Bertz CT molecular complexity index is 915. The maximum absolute atomic E-state index is 5.20. The van der Waals surface area contributed by atoms with E-state index < -0.39 is 0 Å². The molecule has 0 unspecified atom stereocenters. The van der Waals surface area contributed by atoms with Gasteiger partial charge in [0.15, 0.2) is 5.96 Å². The van der Waals surface area contributed by atoms with Crippen molar-refractivity contribution in [2.45, 2.75) is 33.2 Å². The first-order chi connectivity index (χ1) is 14.2. The van der Waals surface area contributed by atoms with Crippen LogP contribution in [0.15, 0.2) is 47.7 Å². The first kappa shape index (κ1) is 20.9. The van der Waals surface area contributed by atoms with E-state index in [1.54, 1.807) is 18.4 Å². The van der Waals surface area contributed by atoms with Gasteiger partial charge in [-0.1, -0.05) is 6.92 Å². The van der Waals surface area contributed by atoms with Gasteiger partial charge in [-0.2, -0.15) is 5.10 Å². The number of methoxy groups -OCH3 is 1. The van der Waals surface area contributed by atoms with E-state index in [9.17, 15) is 0 Å². The number of benzene rings is 1. The summed E-state index contributed by atoms with van der Waals surface area (Å²) in [6, 6.07) is 9.79. The first-order valence-corrected chi connectivity index (χ1v) is 10.7. The summed E-state index contributed by atoms with van der Waals surface area (Å²) in [6.07, 6.45) is 5.85. The zero-order valence-electron chi connectivity index (χ0n) is 17.2. The van der Waals surface area contributed by atoms with Crippen LogP contribution < -0.4 is 15.4 Å². The molecule has 3 rings (SSSR count). The first-order valence-electron chi connectivity index (χ1n) is 9.86. The van der Waals surface area contributed by atoms with Crippen LogP contribution in [0.3, 0.4) is 0 Å². The van der Waals surface area contributed by atoms with Crippen LogP contribution in [0.2, 0.25) is 0 Å². The zero-order valence-corrected chi connectivity index (χ0v) is 18.0. The van der Waals surface area contributed by atoms with Gasteiger partial charge in [0, 0.05) is 36.8 Å². The second-order valence-corrected chi connectivity index (χ2v) is 7.60. The Morgan fingerprint density at radius 1 is 1.17 bits per heavy atom. The molecule has 0 bridgehead atoms.